The molecular formula is C19H24FN3O2. The summed E-state index contributed by atoms with van der Waals surface area (Å²) in [5.41, 5.74) is 0.867. The molecule has 1 fully saturated rings. The number of nitrogens with one attached hydrogen (secondary N) is 2. The van der Waals surface area contributed by atoms with E-state index in [9.17, 15) is 9.18 Å². The smallest absolute Gasteiger partial charge is 0.314 e. The monoisotopic (exact) mass is 345 g/mol. The Kier molecular flexibility index (Phi) is 6.06. The molecule has 1 aliphatic rings. The maximum atomic E-state index is 13.1. The Morgan fingerprint density at radius 1 is 1.20 bits per heavy atom. The van der Waals surface area contributed by atoms with E-state index in [2.05, 4.69) is 15.5 Å². The third-order valence-corrected chi connectivity index (χ3v) is 4.50. The highest BCUT2D eigenvalue weighted by Gasteiger charge is 2.25. The van der Waals surface area contributed by atoms with Crippen molar-refractivity contribution in [2.24, 2.45) is 0 Å². The van der Waals surface area contributed by atoms with Crippen LogP contribution >= 0.6 is 0 Å². The lowest BCUT2D eigenvalue weighted by Gasteiger charge is -2.26. The maximum Gasteiger partial charge on any atom is 0.314 e. The molecule has 25 heavy (non-hydrogen) atoms. The summed E-state index contributed by atoms with van der Waals surface area (Å²) in [7, 11) is 0. The second-order valence-corrected chi connectivity index (χ2v) is 6.29. The number of nitrogens with zero attached hydrogens (tertiary/aromatic N) is 1. The largest absolute Gasteiger partial charge is 0.468 e. The fourth-order valence-electron chi connectivity index (χ4n) is 3.21. The highest BCUT2D eigenvalue weighted by atomic mass is 19.1. The lowest BCUT2D eigenvalue weighted by Crippen LogP contribution is -2.42. The molecular weight excluding hydrogens is 321 g/mol. The third kappa shape index (κ3) is 5.06. The molecule has 2 aromatic rings. The normalized spacial score (nSPS) is 15.9. The lowest BCUT2D eigenvalue weighted by molar-refractivity contribution is 0.203. The number of furan rings is 1. The van der Waals surface area contributed by atoms with Gasteiger partial charge in [0.05, 0.1) is 12.3 Å². The Morgan fingerprint density at radius 2 is 2.04 bits per heavy atom. The predicted octanol–water partition coefficient (Wildman–Crippen LogP) is 3.10. The molecule has 134 valence electrons. The average Bonchev–Trinajstić information content (AvgIpc) is 3.29. The lowest BCUT2D eigenvalue weighted by atomic mass is 10.1. The van der Waals surface area contributed by atoms with Gasteiger partial charge in [-0.2, -0.15) is 0 Å². The van der Waals surface area contributed by atoms with Crippen LogP contribution in [0.1, 0.15) is 30.2 Å². The van der Waals surface area contributed by atoms with Gasteiger partial charge in [-0.1, -0.05) is 12.1 Å². The highest BCUT2D eigenvalue weighted by Crippen LogP contribution is 2.24. The van der Waals surface area contributed by atoms with Crippen molar-refractivity contribution in [2.45, 2.75) is 25.3 Å². The van der Waals surface area contributed by atoms with Crippen LogP contribution in [-0.4, -0.2) is 37.1 Å². The van der Waals surface area contributed by atoms with Gasteiger partial charge in [-0.3, -0.25) is 4.90 Å². The molecule has 1 aromatic heterocycles. The minimum absolute atomic E-state index is 0.0615. The number of carbonyl (C=O) groups excluding carboxylic acids is 1. The topological polar surface area (TPSA) is 57.5 Å². The number of urea groups is 1. The standard InChI is InChI=1S/C19H24FN3O2/c20-16-6-3-5-15(13-16)8-9-21-19(24)22-14-17(18-7-4-12-25-18)23-10-1-2-11-23/h3-7,12-13,17H,1-2,8-11,14H2,(H2,21,22,24). The van der Waals surface area contributed by atoms with E-state index in [1.807, 2.05) is 18.2 Å². The average molecular weight is 345 g/mol. The molecule has 1 unspecified atom stereocenters. The number of benzene rings is 1. The van der Waals surface area contributed by atoms with Gasteiger partial charge in [0, 0.05) is 13.1 Å². The molecule has 1 aliphatic heterocycles. The zero-order chi connectivity index (χ0) is 17.5. The molecule has 0 aliphatic carbocycles. The summed E-state index contributed by atoms with van der Waals surface area (Å²) in [6.45, 7) is 3.01. The summed E-state index contributed by atoms with van der Waals surface area (Å²) in [5.74, 6) is 0.621. The van der Waals surface area contributed by atoms with Crippen LogP contribution in [-0.2, 0) is 6.42 Å². The van der Waals surface area contributed by atoms with Crippen molar-refractivity contribution < 1.29 is 13.6 Å². The summed E-state index contributed by atoms with van der Waals surface area (Å²) in [6.07, 6.45) is 4.62. The first-order valence-corrected chi connectivity index (χ1v) is 8.76. The summed E-state index contributed by atoms with van der Waals surface area (Å²) >= 11 is 0. The van der Waals surface area contributed by atoms with E-state index < -0.39 is 0 Å². The van der Waals surface area contributed by atoms with Gasteiger partial charge >= 0.3 is 6.03 Å². The molecule has 5 nitrogen and oxygen atoms in total. The Labute approximate surface area is 147 Å². The van der Waals surface area contributed by atoms with Gasteiger partial charge in [-0.05, 0) is 62.2 Å². The van der Waals surface area contributed by atoms with Gasteiger partial charge in [0.25, 0.3) is 0 Å². The Bertz CT molecular complexity index is 669. The zero-order valence-electron chi connectivity index (χ0n) is 14.2. The van der Waals surface area contributed by atoms with E-state index in [1.54, 1.807) is 12.3 Å². The fourth-order valence-corrected chi connectivity index (χ4v) is 3.21. The van der Waals surface area contributed by atoms with Crippen molar-refractivity contribution in [3.05, 3.63) is 59.8 Å². The van der Waals surface area contributed by atoms with E-state index in [-0.39, 0.29) is 17.9 Å². The number of hydrogen-bond acceptors (Lipinski definition) is 3. The first-order chi connectivity index (χ1) is 12.2. The van der Waals surface area contributed by atoms with Crippen molar-refractivity contribution >= 4 is 6.03 Å². The minimum atomic E-state index is -0.256. The van der Waals surface area contributed by atoms with Crippen LogP contribution in [0.2, 0.25) is 0 Å². The summed E-state index contributed by atoms with van der Waals surface area (Å²) in [5, 5.41) is 5.74. The summed E-state index contributed by atoms with van der Waals surface area (Å²) in [6, 6.07) is 10.1. The molecule has 6 heteroatoms. The Hall–Kier alpha value is -2.34. The first kappa shape index (κ1) is 17.5. The van der Waals surface area contributed by atoms with E-state index in [4.69, 9.17) is 4.42 Å². The Balaban J connectivity index is 1.45. The van der Waals surface area contributed by atoms with Crippen LogP contribution in [0.5, 0.6) is 0 Å². The molecule has 2 amide bonds. The number of rotatable bonds is 7. The fraction of sp³-hybridized carbons (Fsp3) is 0.421. The molecule has 2 heterocycles. The molecule has 0 spiro atoms. The van der Waals surface area contributed by atoms with Crippen molar-refractivity contribution in [3.8, 4) is 0 Å². The van der Waals surface area contributed by atoms with Gasteiger partial charge < -0.3 is 15.1 Å². The van der Waals surface area contributed by atoms with Crippen molar-refractivity contribution in [1.29, 1.82) is 0 Å². The highest BCUT2D eigenvalue weighted by molar-refractivity contribution is 5.73. The second kappa shape index (κ2) is 8.67. The summed E-state index contributed by atoms with van der Waals surface area (Å²) in [4.78, 5) is 14.4. The van der Waals surface area contributed by atoms with Gasteiger partial charge in [-0.15, -0.1) is 0 Å². The first-order valence-electron chi connectivity index (χ1n) is 8.76. The van der Waals surface area contributed by atoms with E-state index in [1.165, 1.54) is 25.0 Å². The molecule has 2 N–H and O–H groups in total. The second-order valence-electron chi connectivity index (χ2n) is 6.29. The number of carbonyl (C=O) groups is 1. The predicted molar refractivity (Wildman–Crippen MR) is 93.8 cm³/mol. The Morgan fingerprint density at radius 3 is 2.76 bits per heavy atom. The van der Waals surface area contributed by atoms with Crippen LogP contribution in [0, 0.1) is 5.82 Å². The van der Waals surface area contributed by atoms with Crippen molar-refractivity contribution in [2.75, 3.05) is 26.2 Å². The van der Waals surface area contributed by atoms with Crippen LogP contribution in [0.4, 0.5) is 9.18 Å². The molecule has 0 bridgehead atoms. The van der Waals surface area contributed by atoms with Gasteiger partial charge in [0.2, 0.25) is 0 Å². The SMILES string of the molecule is O=C(NCCc1cccc(F)c1)NCC(c1ccco1)N1CCCC1. The third-order valence-electron chi connectivity index (χ3n) is 4.50. The number of likely N-dealkylation sites (tertiary alicyclic amines) is 1. The molecule has 1 aromatic carbocycles. The van der Waals surface area contributed by atoms with Gasteiger partial charge in [0.1, 0.15) is 11.6 Å². The van der Waals surface area contributed by atoms with Gasteiger partial charge in [-0.25, -0.2) is 9.18 Å². The molecule has 0 saturated carbocycles. The van der Waals surface area contributed by atoms with E-state index in [0.717, 1.165) is 24.4 Å². The number of halogens is 1. The van der Waals surface area contributed by atoms with Crippen molar-refractivity contribution in [1.82, 2.24) is 15.5 Å². The van der Waals surface area contributed by atoms with Crippen LogP contribution in [0.25, 0.3) is 0 Å². The number of hydrogen-bond donors (Lipinski definition) is 2. The van der Waals surface area contributed by atoms with Crippen LogP contribution in [0.15, 0.2) is 47.1 Å². The van der Waals surface area contributed by atoms with Gasteiger partial charge in [0.15, 0.2) is 0 Å². The maximum absolute atomic E-state index is 13.1. The zero-order valence-corrected chi connectivity index (χ0v) is 14.2. The van der Waals surface area contributed by atoms with Crippen molar-refractivity contribution in [3.63, 3.8) is 0 Å². The molecule has 3 rings (SSSR count). The molecule has 0 radical (unpaired) electrons. The van der Waals surface area contributed by atoms with E-state index in [0.29, 0.717) is 19.5 Å². The molecule has 1 atom stereocenters. The quantitative estimate of drug-likeness (QED) is 0.811. The molecule has 1 saturated heterocycles. The summed E-state index contributed by atoms with van der Waals surface area (Å²) < 4.78 is 18.7. The van der Waals surface area contributed by atoms with Crippen LogP contribution in [0.3, 0.4) is 0 Å². The number of amides is 2. The minimum Gasteiger partial charge on any atom is -0.468 e. The van der Waals surface area contributed by atoms with E-state index >= 15 is 0 Å². The van der Waals surface area contributed by atoms with Crippen LogP contribution < -0.4 is 10.6 Å².